The fourth-order valence-electron chi connectivity index (χ4n) is 2.91. The lowest BCUT2D eigenvalue weighted by molar-refractivity contribution is -0.123. The summed E-state index contributed by atoms with van der Waals surface area (Å²) in [4.78, 5) is 25.3. The van der Waals surface area contributed by atoms with Gasteiger partial charge in [-0.1, -0.05) is 31.4 Å². The number of hydrogen-bond acceptors (Lipinski definition) is 5. The highest BCUT2D eigenvalue weighted by molar-refractivity contribution is 6.30. The van der Waals surface area contributed by atoms with Crippen LogP contribution in [0.25, 0.3) is 0 Å². The minimum atomic E-state index is -0.746. The Morgan fingerprint density at radius 2 is 1.88 bits per heavy atom. The van der Waals surface area contributed by atoms with Crippen molar-refractivity contribution in [2.24, 2.45) is 11.0 Å². The lowest BCUT2D eigenvalue weighted by Gasteiger charge is -2.19. The van der Waals surface area contributed by atoms with E-state index in [1.807, 2.05) is 20.8 Å². The molecule has 8 heteroatoms. The first-order valence-corrected chi connectivity index (χ1v) is 10.9. The van der Waals surface area contributed by atoms with Crippen molar-refractivity contribution in [2.75, 3.05) is 13.2 Å². The zero-order chi connectivity index (χ0) is 24.2. The highest BCUT2D eigenvalue weighted by Crippen LogP contribution is 2.28. The fourth-order valence-corrected chi connectivity index (χ4v) is 3.03. The molecule has 1 atom stereocenters. The van der Waals surface area contributed by atoms with E-state index in [4.69, 9.17) is 27.5 Å². The van der Waals surface area contributed by atoms with Gasteiger partial charge in [-0.15, -0.1) is 6.42 Å². The highest BCUT2D eigenvalue weighted by atomic mass is 35.5. The molecule has 33 heavy (non-hydrogen) atoms. The Kier molecular flexibility index (Phi) is 10.3. The van der Waals surface area contributed by atoms with Gasteiger partial charge in [0.1, 0.15) is 12.6 Å². The number of carbonyl (C=O) groups excluding carboxylic acids is 2. The molecule has 0 saturated heterocycles. The van der Waals surface area contributed by atoms with Gasteiger partial charge < -0.3 is 14.8 Å². The molecule has 0 saturated carbocycles. The van der Waals surface area contributed by atoms with Gasteiger partial charge >= 0.3 is 0 Å². The first kappa shape index (κ1) is 25.8. The third-order valence-electron chi connectivity index (χ3n) is 4.40. The van der Waals surface area contributed by atoms with Crippen LogP contribution in [-0.4, -0.2) is 37.3 Å². The third kappa shape index (κ3) is 8.51. The number of ether oxygens (including phenoxy) is 2. The molecule has 0 aliphatic carbocycles. The molecular formula is C25H28ClN3O4. The molecule has 0 spiro atoms. The predicted octanol–water partition coefficient (Wildman–Crippen LogP) is 4.05. The Bertz CT molecular complexity index is 1010. The molecule has 0 heterocycles. The van der Waals surface area contributed by atoms with Gasteiger partial charge in [0.15, 0.2) is 11.5 Å². The van der Waals surface area contributed by atoms with Crippen LogP contribution in [0.2, 0.25) is 5.02 Å². The van der Waals surface area contributed by atoms with E-state index in [2.05, 4.69) is 21.8 Å². The number of benzene rings is 2. The maximum absolute atomic E-state index is 12.7. The molecule has 174 valence electrons. The molecule has 1 unspecified atom stereocenters. The van der Waals surface area contributed by atoms with E-state index in [0.717, 1.165) is 0 Å². The Morgan fingerprint density at radius 3 is 2.52 bits per heavy atom. The lowest BCUT2D eigenvalue weighted by atomic mass is 10.0. The average molecular weight is 470 g/mol. The van der Waals surface area contributed by atoms with Crippen LogP contribution in [0.5, 0.6) is 11.5 Å². The molecule has 0 bridgehead atoms. The quantitative estimate of drug-likeness (QED) is 0.295. The van der Waals surface area contributed by atoms with Gasteiger partial charge in [-0.2, -0.15) is 5.10 Å². The second-order valence-electron chi connectivity index (χ2n) is 7.53. The van der Waals surface area contributed by atoms with Crippen LogP contribution in [-0.2, 0) is 4.79 Å². The Morgan fingerprint density at radius 1 is 1.15 bits per heavy atom. The van der Waals surface area contributed by atoms with E-state index in [1.54, 1.807) is 42.5 Å². The monoisotopic (exact) mass is 469 g/mol. The van der Waals surface area contributed by atoms with Crippen molar-refractivity contribution in [1.29, 1.82) is 0 Å². The molecule has 0 radical (unpaired) electrons. The summed E-state index contributed by atoms with van der Waals surface area (Å²) in [6.07, 6.45) is 7.18. The molecule has 2 N–H and O–H groups in total. The summed E-state index contributed by atoms with van der Waals surface area (Å²) in [5, 5.41) is 7.33. The van der Waals surface area contributed by atoms with Crippen LogP contribution < -0.4 is 20.2 Å². The molecule has 2 amide bonds. The van der Waals surface area contributed by atoms with Crippen LogP contribution in [0.4, 0.5) is 0 Å². The number of terminal acetylenes is 1. The van der Waals surface area contributed by atoms with E-state index < -0.39 is 11.9 Å². The van der Waals surface area contributed by atoms with Crippen LogP contribution >= 0.6 is 11.6 Å². The second-order valence-corrected chi connectivity index (χ2v) is 7.97. The van der Waals surface area contributed by atoms with Crippen LogP contribution in [0.15, 0.2) is 47.6 Å². The minimum Gasteiger partial charge on any atom is -0.490 e. The summed E-state index contributed by atoms with van der Waals surface area (Å²) >= 11 is 5.87. The van der Waals surface area contributed by atoms with E-state index in [0.29, 0.717) is 40.7 Å². The zero-order valence-corrected chi connectivity index (χ0v) is 19.7. The second kappa shape index (κ2) is 13.1. The van der Waals surface area contributed by atoms with E-state index in [1.165, 1.54) is 6.21 Å². The normalized spacial score (nSPS) is 11.6. The van der Waals surface area contributed by atoms with Crippen molar-refractivity contribution >= 4 is 29.6 Å². The van der Waals surface area contributed by atoms with Gasteiger partial charge in [-0.25, -0.2) is 5.43 Å². The summed E-state index contributed by atoms with van der Waals surface area (Å²) < 4.78 is 11.0. The van der Waals surface area contributed by atoms with Crippen LogP contribution in [0.3, 0.4) is 0 Å². The van der Waals surface area contributed by atoms with Crippen molar-refractivity contribution in [3.05, 3.63) is 58.6 Å². The molecule has 0 aromatic heterocycles. The first-order chi connectivity index (χ1) is 15.8. The average Bonchev–Trinajstić information content (AvgIpc) is 2.78. The zero-order valence-electron chi connectivity index (χ0n) is 18.9. The van der Waals surface area contributed by atoms with Crippen molar-refractivity contribution in [3.8, 4) is 23.8 Å². The third-order valence-corrected chi connectivity index (χ3v) is 4.65. The molecule has 2 rings (SSSR count). The van der Waals surface area contributed by atoms with Gasteiger partial charge in [0.25, 0.3) is 11.8 Å². The summed E-state index contributed by atoms with van der Waals surface area (Å²) in [6, 6.07) is 10.9. The molecule has 0 aliphatic heterocycles. The van der Waals surface area contributed by atoms with Gasteiger partial charge in [0.05, 0.1) is 12.8 Å². The Hall–Kier alpha value is -3.50. The Balaban J connectivity index is 2.06. The predicted molar refractivity (Wildman–Crippen MR) is 130 cm³/mol. The van der Waals surface area contributed by atoms with Crippen molar-refractivity contribution < 1.29 is 19.1 Å². The molecule has 0 fully saturated rings. The van der Waals surface area contributed by atoms with E-state index >= 15 is 0 Å². The number of hydrazone groups is 1. The van der Waals surface area contributed by atoms with Gasteiger partial charge in [0, 0.05) is 10.6 Å². The van der Waals surface area contributed by atoms with Gasteiger partial charge in [-0.3, -0.25) is 9.59 Å². The van der Waals surface area contributed by atoms with Gasteiger partial charge in [-0.05, 0) is 67.3 Å². The van der Waals surface area contributed by atoms with Gasteiger partial charge in [0.2, 0.25) is 0 Å². The summed E-state index contributed by atoms with van der Waals surface area (Å²) in [7, 11) is 0. The number of halogens is 1. The molecular weight excluding hydrogens is 442 g/mol. The maximum atomic E-state index is 12.7. The minimum absolute atomic E-state index is 0.128. The van der Waals surface area contributed by atoms with E-state index in [9.17, 15) is 9.59 Å². The van der Waals surface area contributed by atoms with Crippen LogP contribution in [0, 0.1) is 18.3 Å². The molecule has 2 aromatic rings. The standard InChI is InChI=1S/C25H28ClN3O4/c1-5-13-33-22-12-7-18(15-23(22)32-6-2)16-27-29-25(31)21(14-17(3)4)28-24(30)19-8-10-20(26)11-9-19/h1,7-12,15-17,21H,6,13-14H2,2-4H3,(H,28,30)(H,29,31)/b27-16+. The number of nitrogens with zero attached hydrogens (tertiary/aromatic N) is 1. The van der Waals surface area contributed by atoms with Crippen molar-refractivity contribution in [2.45, 2.75) is 33.2 Å². The first-order valence-electron chi connectivity index (χ1n) is 10.6. The van der Waals surface area contributed by atoms with Crippen molar-refractivity contribution in [1.82, 2.24) is 10.7 Å². The maximum Gasteiger partial charge on any atom is 0.262 e. The summed E-state index contributed by atoms with van der Waals surface area (Å²) in [5.41, 5.74) is 3.61. The summed E-state index contributed by atoms with van der Waals surface area (Å²) in [6.45, 7) is 6.38. The number of carbonyl (C=O) groups is 2. The number of rotatable bonds is 11. The number of nitrogens with one attached hydrogen (secondary N) is 2. The molecule has 2 aromatic carbocycles. The smallest absolute Gasteiger partial charge is 0.262 e. The number of hydrogen-bond donors (Lipinski definition) is 2. The molecule has 0 aliphatic rings. The summed E-state index contributed by atoms with van der Waals surface area (Å²) in [5.74, 6) is 2.86. The van der Waals surface area contributed by atoms with Crippen molar-refractivity contribution in [3.63, 3.8) is 0 Å². The highest BCUT2D eigenvalue weighted by Gasteiger charge is 2.22. The lowest BCUT2D eigenvalue weighted by Crippen LogP contribution is -2.46. The topological polar surface area (TPSA) is 89.0 Å². The van der Waals surface area contributed by atoms with Crippen LogP contribution in [0.1, 0.15) is 43.1 Å². The van der Waals surface area contributed by atoms with E-state index in [-0.39, 0.29) is 18.4 Å². The SMILES string of the molecule is C#CCOc1ccc(/C=N/NC(=O)C(CC(C)C)NC(=O)c2ccc(Cl)cc2)cc1OCC. The Labute approximate surface area is 199 Å². The fraction of sp³-hybridized carbons (Fsp3) is 0.320. The largest absolute Gasteiger partial charge is 0.490 e. The number of amides is 2. The molecule has 7 nitrogen and oxygen atoms in total.